The van der Waals surface area contributed by atoms with E-state index in [1.165, 1.54) is 17.4 Å². The number of hydrogen-bond acceptors (Lipinski definition) is 2. The highest BCUT2D eigenvalue weighted by molar-refractivity contribution is 6.04. The van der Waals surface area contributed by atoms with Gasteiger partial charge in [0.25, 0.3) is 5.91 Å². The lowest BCUT2D eigenvalue weighted by Gasteiger charge is -2.29. The lowest BCUT2D eigenvalue weighted by atomic mass is 9.99. The van der Waals surface area contributed by atoms with Crippen LogP contribution < -0.4 is 4.90 Å². The number of furan rings is 1. The average Bonchev–Trinajstić information content (AvgIpc) is 2.90. The summed E-state index contributed by atoms with van der Waals surface area (Å²) in [7, 11) is 0. The Kier molecular flexibility index (Phi) is 2.67. The first-order valence-corrected chi connectivity index (χ1v) is 6.20. The lowest BCUT2D eigenvalue weighted by Crippen LogP contribution is -2.35. The summed E-state index contributed by atoms with van der Waals surface area (Å²) >= 11 is 0. The summed E-state index contributed by atoms with van der Waals surface area (Å²) in [6, 6.07) is 9.70. The molecular formula is C15H15NO2. The summed E-state index contributed by atoms with van der Waals surface area (Å²) in [5, 5.41) is 0. The zero-order chi connectivity index (χ0) is 12.5. The Labute approximate surface area is 106 Å². The van der Waals surface area contributed by atoms with Gasteiger partial charge in [-0.25, -0.2) is 0 Å². The van der Waals surface area contributed by atoms with Gasteiger partial charge in [0.2, 0.25) is 0 Å². The smallest absolute Gasteiger partial charge is 0.293 e. The molecule has 0 spiro atoms. The topological polar surface area (TPSA) is 33.5 Å². The van der Waals surface area contributed by atoms with Gasteiger partial charge in [-0.1, -0.05) is 17.7 Å². The first-order chi connectivity index (χ1) is 8.75. The molecule has 0 radical (unpaired) electrons. The van der Waals surface area contributed by atoms with Crippen molar-refractivity contribution in [2.24, 2.45) is 0 Å². The first-order valence-electron chi connectivity index (χ1n) is 6.20. The highest BCUT2D eigenvalue weighted by Crippen LogP contribution is 2.29. The Morgan fingerprint density at radius 3 is 3.00 bits per heavy atom. The number of benzene rings is 1. The highest BCUT2D eigenvalue weighted by atomic mass is 16.3. The van der Waals surface area contributed by atoms with Crippen molar-refractivity contribution >= 4 is 11.6 Å². The maximum Gasteiger partial charge on any atom is 0.293 e. The van der Waals surface area contributed by atoms with E-state index in [2.05, 4.69) is 13.0 Å². The van der Waals surface area contributed by atoms with Gasteiger partial charge in [0.1, 0.15) is 0 Å². The number of nitrogens with zero attached hydrogens (tertiary/aromatic N) is 1. The highest BCUT2D eigenvalue weighted by Gasteiger charge is 2.24. The quantitative estimate of drug-likeness (QED) is 0.768. The van der Waals surface area contributed by atoms with Crippen molar-refractivity contribution in [2.75, 3.05) is 11.4 Å². The minimum Gasteiger partial charge on any atom is -0.459 e. The molecule has 1 aromatic heterocycles. The molecule has 18 heavy (non-hydrogen) atoms. The second-order valence-electron chi connectivity index (χ2n) is 4.67. The maximum atomic E-state index is 12.3. The van der Waals surface area contributed by atoms with E-state index in [1.54, 1.807) is 12.1 Å². The molecule has 0 fully saturated rings. The Morgan fingerprint density at radius 2 is 2.22 bits per heavy atom. The molecule has 0 saturated carbocycles. The molecule has 92 valence electrons. The minimum atomic E-state index is -0.0511. The van der Waals surface area contributed by atoms with E-state index >= 15 is 0 Å². The fraction of sp³-hybridized carbons (Fsp3) is 0.267. The molecular weight excluding hydrogens is 226 g/mol. The molecule has 2 heterocycles. The lowest BCUT2D eigenvalue weighted by molar-refractivity contribution is 0.0958. The number of carbonyl (C=O) groups is 1. The van der Waals surface area contributed by atoms with Gasteiger partial charge in [-0.2, -0.15) is 0 Å². The third-order valence-corrected chi connectivity index (χ3v) is 3.33. The van der Waals surface area contributed by atoms with Crippen molar-refractivity contribution < 1.29 is 9.21 Å². The van der Waals surface area contributed by atoms with Crippen molar-refractivity contribution in [3.8, 4) is 0 Å². The number of aryl methyl sites for hydroxylation is 2. The van der Waals surface area contributed by atoms with Crippen molar-refractivity contribution in [3.63, 3.8) is 0 Å². The van der Waals surface area contributed by atoms with Gasteiger partial charge < -0.3 is 9.32 Å². The summed E-state index contributed by atoms with van der Waals surface area (Å²) in [6.07, 6.45) is 3.58. The molecule has 0 unspecified atom stereocenters. The summed E-state index contributed by atoms with van der Waals surface area (Å²) in [4.78, 5) is 14.2. The average molecular weight is 241 g/mol. The molecule has 0 bridgehead atoms. The predicted molar refractivity (Wildman–Crippen MR) is 69.9 cm³/mol. The fourth-order valence-electron chi connectivity index (χ4n) is 2.47. The van der Waals surface area contributed by atoms with Gasteiger partial charge >= 0.3 is 0 Å². The standard InChI is InChI=1S/C15H15NO2/c1-11-6-7-13-12(10-11)4-2-8-16(13)15(17)14-5-3-9-18-14/h3,5-7,9-10H,2,4,8H2,1H3. The van der Waals surface area contributed by atoms with Gasteiger partial charge in [-0.05, 0) is 43.5 Å². The van der Waals surface area contributed by atoms with E-state index in [1.807, 2.05) is 17.0 Å². The van der Waals surface area contributed by atoms with Crippen LogP contribution in [0.5, 0.6) is 0 Å². The van der Waals surface area contributed by atoms with Crippen LogP contribution in [0.25, 0.3) is 0 Å². The Morgan fingerprint density at radius 1 is 1.33 bits per heavy atom. The zero-order valence-electron chi connectivity index (χ0n) is 10.3. The molecule has 0 atom stereocenters. The zero-order valence-corrected chi connectivity index (χ0v) is 10.3. The largest absolute Gasteiger partial charge is 0.459 e. The molecule has 0 aliphatic carbocycles. The number of amides is 1. The maximum absolute atomic E-state index is 12.3. The van der Waals surface area contributed by atoms with E-state index in [9.17, 15) is 4.79 Å². The van der Waals surface area contributed by atoms with E-state index in [0.717, 1.165) is 25.1 Å². The molecule has 3 rings (SSSR count). The van der Waals surface area contributed by atoms with Gasteiger partial charge in [0.15, 0.2) is 5.76 Å². The summed E-state index contributed by atoms with van der Waals surface area (Å²) in [5.41, 5.74) is 3.51. The number of carbonyl (C=O) groups excluding carboxylic acids is 1. The summed E-state index contributed by atoms with van der Waals surface area (Å²) in [6.45, 7) is 2.84. The summed E-state index contributed by atoms with van der Waals surface area (Å²) < 4.78 is 5.20. The third-order valence-electron chi connectivity index (χ3n) is 3.33. The van der Waals surface area contributed by atoms with Gasteiger partial charge in [0, 0.05) is 12.2 Å². The SMILES string of the molecule is Cc1ccc2c(c1)CCCN2C(=O)c1ccco1. The van der Waals surface area contributed by atoms with Crippen LogP contribution in [0.2, 0.25) is 0 Å². The van der Waals surface area contributed by atoms with Crippen LogP contribution in [0.15, 0.2) is 41.0 Å². The Bertz CT molecular complexity index is 572. The predicted octanol–water partition coefficient (Wildman–Crippen LogP) is 3.18. The van der Waals surface area contributed by atoms with Crippen molar-refractivity contribution in [1.82, 2.24) is 0 Å². The van der Waals surface area contributed by atoms with Crippen molar-refractivity contribution in [3.05, 3.63) is 53.5 Å². The van der Waals surface area contributed by atoms with Crippen LogP contribution in [-0.4, -0.2) is 12.5 Å². The second-order valence-corrected chi connectivity index (χ2v) is 4.67. The minimum absolute atomic E-state index is 0.0511. The van der Waals surface area contributed by atoms with Crippen molar-refractivity contribution in [2.45, 2.75) is 19.8 Å². The Balaban J connectivity index is 1.99. The van der Waals surface area contributed by atoms with Crippen LogP contribution in [0.1, 0.15) is 28.1 Å². The van der Waals surface area contributed by atoms with E-state index < -0.39 is 0 Å². The number of hydrogen-bond donors (Lipinski definition) is 0. The molecule has 3 heteroatoms. The van der Waals surface area contributed by atoms with Crippen LogP contribution in [0, 0.1) is 6.92 Å². The second kappa shape index (κ2) is 4.33. The molecule has 3 nitrogen and oxygen atoms in total. The fourth-order valence-corrected chi connectivity index (χ4v) is 2.47. The van der Waals surface area contributed by atoms with Crippen LogP contribution >= 0.6 is 0 Å². The van der Waals surface area contributed by atoms with Crippen LogP contribution in [0.4, 0.5) is 5.69 Å². The molecule has 2 aromatic rings. The monoisotopic (exact) mass is 241 g/mol. The number of anilines is 1. The number of fused-ring (bicyclic) bond motifs is 1. The third kappa shape index (κ3) is 1.82. The van der Waals surface area contributed by atoms with Gasteiger partial charge in [-0.15, -0.1) is 0 Å². The van der Waals surface area contributed by atoms with E-state index in [4.69, 9.17) is 4.42 Å². The molecule has 1 aliphatic rings. The van der Waals surface area contributed by atoms with Crippen LogP contribution in [-0.2, 0) is 6.42 Å². The molecule has 1 amide bonds. The molecule has 0 saturated heterocycles. The van der Waals surface area contributed by atoms with Crippen LogP contribution in [0.3, 0.4) is 0 Å². The number of rotatable bonds is 1. The molecule has 0 N–H and O–H groups in total. The van der Waals surface area contributed by atoms with E-state index in [0.29, 0.717) is 5.76 Å². The molecule has 1 aliphatic heterocycles. The van der Waals surface area contributed by atoms with E-state index in [-0.39, 0.29) is 5.91 Å². The summed E-state index contributed by atoms with van der Waals surface area (Å²) in [5.74, 6) is 0.355. The normalized spacial score (nSPS) is 14.4. The van der Waals surface area contributed by atoms with Gasteiger partial charge in [-0.3, -0.25) is 4.79 Å². The Hall–Kier alpha value is -2.03. The van der Waals surface area contributed by atoms with Gasteiger partial charge in [0.05, 0.1) is 6.26 Å². The first kappa shape index (κ1) is 11.1. The molecule has 1 aromatic carbocycles. The van der Waals surface area contributed by atoms with Crippen molar-refractivity contribution in [1.29, 1.82) is 0 Å².